The van der Waals surface area contributed by atoms with Gasteiger partial charge in [-0.2, -0.15) is 0 Å². The third-order valence-electron chi connectivity index (χ3n) is 2.46. The van der Waals surface area contributed by atoms with Gasteiger partial charge in [0, 0.05) is 16.6 Å². The Morgan fingerprint density at radius 3 is 2.26 bits per heavy atom. The van der Waals surface area contributed by atoms with E-state index in [2.05, 4.69) is 20.7 Å². The molecule has 0 spiro atoms. The van der Waals surface area contributed by atoms with Crippen LogP contribution in [-0.4, -0.2) is 20.5 Å². The second kappa shape index (κ2) is 6.54. The molecule has 0 aliphatic heterocycles. The number of rotatable bonds is 4. The van der Waals surface area contributed by atoms with E-state index in [0.717, 1.165) is 10.0 Å². The Hall–Kier alpha value is -0.140. The lowest BCUT2D eigenvalue weighted by Crippen LogP contribution is -2.45. The van der Waals surface area contributed by atoms with Crippen LogP contribution in [0.2, 0.25) is 0 Å². The Kier molecular flexibility index (Phi) is 6.49. The largest absolute Gasteiger partial charge is 0.324 e. The fourth-order valence-corrected chi connectivity index (χ4v) is 3.39. The quantitative estimate of drug-likeness (QED) is 0.854. The van der Waals surface area contributed by atoms with Crippen molar-refractivity contribution >= 4 is 38.4 Å². The Labute approximate surface area is 129 Å². The molecule has 1 aromatic rings. The van der Waals surface area contributed by atoms with Crippen LogP contribution in [0.25, 0.3) is 0 Å². The summed E-state index contributed by atoms with van der Waals surface area (Å²) in [5.74, 6) is 0. The lowest BCUT2D eigenvalue weighted by atomic mass is 10.1. The average molecular weight is 372 g/mol. The molecule has 110 valence electrons. The smallest absolute Gasteiger partial charge is 0.240 e. The van der Waals surface area contributed by atoms with Crippen LogP contribution >= 0.6 is 28.3 Å². The van der Waals surface area contributed by atoms with Gasteiger partial charge in [0.05, 0.1) is 4.90 Å². The minimum absolute atomic E-state index is 0. The van der Waals surface area contributed by atoms with Crippen molar-refractivity contribution in [2.45, 2.75) is 38.1 Å². The van der Waals surface area contributed by atoms with E-state index in [9.17, 15) is 8.42 Å². The van der Waals surface area contributed by atoms with E-state index in [4.69, 9.17) is 5.73 Å². The predicted octanol–water partition coefficient (Wildman–Crippen LogP) is 2.50. The van der Waals surface area contributed by atoms with Gasteiger partial charge in [-0.3, -0.25) is 0 Å². The molecule has 0 bridgehead atoms. The van der Waals surface area contributed by atoms with Crippen LogP contribution in [0.5, 0.6) is 0 Å². The molecular formula is C12H20BrClN2O2S. The molecular weight excluding hydrogens is 352 g/mol. The molecule has 0 aliphatic carbocycles. The molecule has 7 heteroatoms. The molecule has 3 N–H and O–H groups in total. The van der Waals surface area contributed by atoms with Crippen molar-refractivity contribution in [3.8, 4) is 0 Å². The van der Waals surface area contributed by atoms with Crippen molar-refractivity contribution < 1.29 is 8.42 Å². The summed E-state index contributed by atoms with van der Waals surface area (Å²) in [6.45, 7) is 7.37. The maximum absolute atomic E-state index is 12.2. The Morgan fingerprint density at radius 1 is 1.26 bits per heavy atom. The predicted molar refractivity (Wildman–Crippen MR) is 84.3 cm³/mol. The van der Waals surface area contributed by atoms with Gasteiger partial charge < -0.3 is 5.73 Å². The zero-order chi connectivity index (χ0) is 14.1. The highest BCUT2D eigenvalue weighted by Gasteiger charge is 2.21. The summed E-state index contributed by atoms with van der Waals surface area (Å²) in [4.78, 5) is 0.299. The maximum Gasteiger partial charge on any atom is 0.240 e. The van der Waals surface area contributed by atoms with Gasteiger partial charge in [0.2, 0.25) is 10.0 Å². The number of nitrogens with one attached hydrogen (secondary N) is 1. The summed E-state index contributed by atoms with van der Waals surface area (Å²) >= 11 is 3.38. The molecule has 1 aromatic carbocycles. The van der Waals surface area contributed by atoms with E-state index in [0.29, 0.717) is 10.5 Å². The standard InChI is InChI=1S/C12H19BrN2O2S.ClH/c1-8-6-11(9(2)5-10(8)13)18(16,17)15-7-12(3,4)14;/h5-6,15H,7,14H2,1-4H3;1H. The van der Waals surface area contributed by atoms with Crippen LogP contribution < -0.4 is 10.5 Å². The maximum atomic E-state index is 12.2. The summed E-state index contributed by atoms with van der Waals surface area (Å²) in [6.07, 6.45) is 0. The first kappa shape index (κ1) is 18.9. The summed E-state index contributed by atoms with van der Waals surface area (Å²) in [5, 5.41) is 0. The van der Waals surface area contributed by atoms with Crippen LogP contribution in [-0.2, 0) is 10.0 Å². The number of hydrogen-bond acceptors (Lipinski definition) is 3. The fourth-order valence-electron chi connectivity index (χ4n) is 1.40. The SMILES string of the molecule is Cc1cc(S(=O)(=O)NCC(C)(C)N)c(C)cc1Br.Cl. The molecule has 0 amide bonds. The molecule has 0 radical (unpaired) electrons. The molecule has 0 unspecified atom stereocenters. The van der Waals surface area contributed by atoms with Crippen molar-refractivity contribution in [2.24, 2.45) is 5.73 Å². The number of hydrogen-bond donors (Lipinski definition) is 2. The first-order chi connectivity index (χ1) is 8.03. The van der Waals surface area contributed by atoms with Crippen molar-refractivity contribution in [2.75, 3.05) is 6.54 Å². The van der Waals surface area contributed by atoms with Crippen molar-refractivity contribution in [3.63, 3.8) is 0 Å². The van der Waals surface area contributed by atoms with Gasteiger partial charge in [-0.15, -0.1) is 12.4 Å². The average Bonchev–Trinajstić information content (AvgIpc) is 2.19. The topological polar surface area (TPSA) is 72.2 Å². The van der Waals surface area contributed by atoms with E-state index >= 15 is 0 Å². The van der Waals surface area contributed by atoms with Crippen LogP contribution in [0.4, 0.5) is 0 Å². The highest BCUT2D eigenvalue weighted by molar-refractivity contribution is 9.10. The van der Waals surface area contributed by atoms with E-state index in [1.165, 1.54) is 0 Å². The molecule has 0 heterocycles. The third-order valence-corrected chi connectivity index (χ3v) is 4.86. The van der Waals surface area contributed by atoms with Gasteiger partial charge in [-0.25, -0.2) is 13.1 Å². The first-order valence-electron chi connectivity index (χ1n) is 5.58. The summed E-state index contributed by atoms with van der Waals surface area (Å²) in [6, 6.07) is 3.46. The van der Waals surface area contributed by atoms with Crippen LogP contribution in [0.15, 0.2) is 21.5 Å². The van der Waals surface area contributed by atoms with E-state index < -0.39 is 15.6 Å². The molecule has 0 fully saturated rings. The minimum Gasteiger partial charge on any atom is -0.324 e. The molecule has 0 aliphatic rings. The van der Waals surface area contributed by atoms with Crippen molar-refractivity contribution in [3.05, 3.63) is 27.7 Å². The molecule has 0 saturated carbocycles. The van der Waals surface area contributed by atoms with Gasteiger partial charge in [-0.05, 0) is 51.0 Å². The Morgan fingerprint density at radius 2 is 1.79 bits per heavy atom. The summed E-state index contributed by atoms with van der Waals surface area (Å²) in [7, 11) is -3.51. The number of nitrogens with two attached hydrogens (primary N) is 1. The van der Waals surface area contributed by atoms with E-state index in [1.807, 2.05) is 6.92 Å². The molecule has 19 heavy (non-hydrogen) atoms. The lowest BCUT2D eigenvalue weighted by molar-refractivity contribution is 0.497. The van der Waals surface area contributed by atoms with Crippen LogP contribution in [0.1, 0.15) is 25.0 Å². The number of benzene rings is 1. The van der Waals surface area contributed by atoms with Gasteiger partial charge in [0.25, 0.3) is 0 Å². The van der Waals surface area contributed by atoms with Crippen molar-refractivity contribution in [1.29, 1.82) is 0 Å². The monoisotopic (exact) mass is 370 g/mol. The summed E-state index contributed by atoms with van der Waals surface area (Å²) in [5.41, 5.74) is 6.79. The molecule has 0 aromatic heterocycles. The van der Waals surface area contributed by atoms with Gasteiger partial charge in [0.15, 0.2) is 0 Å². The Bertz CT molecular complexity index is 554. The number of sulfonamides is 1. The second-order valence-electron chi connectivity index (χ2n) is 5.18. The first-order valence-corrected chi connectivity index (χ1v) is 7.86. The number of halogens is 2. The normalized spacial score (nSPS) is 12.1. The van der Waals surface area contributed by atoms with Gasteiger partial charge in [-0.1, -0.05) is 15.9 Å². The highest BCUT2D eigenvalue weighted by Crippen LogP contribution is 2.24. The van der Waals surface area contributed by atoms with Crippen LogP contribution in [0.3, 0.4) is 0 Å². The molecule has 0 saturated heterocycles. The zero-order valence-corrected chi connectivity index (χ0v) is 14.7. The summed E-state index contributed by atoms with van der Waals surface area (Å²) < 4.78 is 27.8. The lowest BCUT2D eigenvalue weighted by Gasteiger charge is -2.19. The van der Waals surface area contributed by atoms with Crippen LogP contribution in [0, 0.1) is 13.8 Å². The van der Waals surface area contributed by atoms with Crippen molar-refractivity contribution in [1.82, 2.24) is 4.72 Å². The van der Waals surface area contributed by atoms with Gasteiger partial charge >= 0.3 is 0 Å². The highest BCUT2D eigenvalue weighted by atomic mass is 79.9. The van der Waals surface area contributed by atoms with Gasteiger partial charge in [0.1, 0.15) is 0 Å². The molecule has 1 rings (SSSR count). The molecule has 0 atom stereocenters. The molecule has 4 nitrogen and oxygen atoms in total. The zero-order valence-electron chi connectivity index (χ0n) is 11.5. The number of aryl methyl sites for hydroxylation is 2. The van der Waals surface area contributed by atoms with E-state index in [1.54, 1.807) is 32.9 Å². The minimum atomic E-state index is -3.51. The Balaban J connectivity index is 0.00000324. The van der Waals surface area contributed by atoms with E-state index in [-0.39, 0.29) is 19.0 Å². The second-order valence-corrected chi connectivity index (χ2v) is 7.77. The third kappa shape index (κ3) is 5.39. The fraction of sp³-hybridized carbons (Fsp3) is 0.500.